The second-order valence-corrected chi connectivity index (χ2v) is 5.79. The van der Waals surface area contributed by atoms with Gasteiger partial charge in [0.15, 0.2) is 6.61 Å². The van der Waals surface area contributed by atoms with Gasteiger partial charge in [-0.15, -0.1) is 0 Å². The Balaban J connectivity index is 1.84. The number of aryl methyl sites for hydroxylation is 1. The number of carbonyl (C=O) groups excluding carboxylic acids is 2. The molecule has 26 heavy (non-hydrogen) atoms. The van der Waals surface area contributed by atoms with E-state index in [9.17, 15) is 9.59 Å². The third-order valence-electron chi connectivity index (χ3n) is 3.83. The average Bonchev–Trinajstić information content (AvgIpc) is 2.66. The van der Waals surface area contributed by atoms with Gasteiger partial charge in [0.1, 0.15) is 11.5 Å². The predicted octanol–water partition coefficient (Wildman–Crippen LogP) is 2.87. The number of nitrogens with zero attached hydrogens (tertiary/aromatic N) is 1. The highest BCUT2D eigenvalue weighted by atomic mass is 16.5. The van der Waals surface area contributed by atoms with Crippen LogP contribution < -0.4 is 14.8 Å². The summed E-state index contributed by atoms with van der Waals surface area (Å²) in [6, 6.07) is 14.5. The van der Waals surface area contributed by atoms with E-state index in [1.54, 1.807) is 31.4 Å². The normalized spacial score (nSPS) is 10.1. The van der Waals surface area contributed by atoms with Gasteiger partial charge < -0.3 is 19.7 Å². The van der Waals surface area contributed by atoms with Crippen LogP contribution in [0.5, 0.6) is 11.5 Å². The van der Waals surface area contributed by atoms with Crippen LogP contribution in [0.3, 0.4) is 0 Å². The Morgan fingerprint density at radius 3 is 2.19 bits per heavy atom. The summed E-state index contributed by atoms with van der Waals surface area (Å²) < 4.78 is 10.6. The number of anilines is 1. The molecule has 0 bridgehead atoms. The first kappa shape index (κ1) is 19.3. The molecular formula is C20H24N2O4. The number of amides is 2. The number of methoxy groups -OCH3 is 1. The zero-order chi connectivity index (χ0) is 18.9. The van der Waals surface area contributed by atoms with Gasteiger partial charge in [0.25, 0.3) is 5.91 Å². The first-order valence-corrected chi connectivity index (χ1v) is 8.43. The van der Waals surface area contributed by atoms with Gasteiger partial charge in [-0.2, -0.15) is 0 Å². The molecule has 138 valence electrons. The third kappa shape index (κ3) is 5.81. The number of carbonyl (C=O) groups is 2. The number of rotatable bonds is 8. The number of ether oxygens (including phenoxy) is 2. The number of likely N-dealkylation sites (N-methyl/N-ethyl adjacent to an activating group) is 1. The molecule has 6 nitrogen and oxygen atoms in total. The van der Waals surface area contributed by atoms with E-state index >= 15 is 0 Å². The summed E-state index contributed by atoms with van der Waals surface area (Å²) in [5.41, 5.74) is 1.77. The molecule has 2 rings (SSSR count). The van der Waals surface area contributed by atoms with Crippen molar-refractivity contribution in [2.75, 3.05) is 32.1 Å². The maximum absolute atomic E-state index is 12.3. The maximum Gasteiger partial charge on any atom is 0.260 e. The lowest BCUT2D eigenvalue weighted by atomic mass is 10.2. The molecule has 2 aromatic carbocycles. The molecule has 2 amide bonds. The van der Waals surface area contributed by atoms with Crippen LogP contribution in [-0.2, 0) is 9.59 Å². The molecule has 6 heteroatoms. The van der Waals surface area contributed by atoms with Gasteiger partial charge in [0, 0.05) is 12.2 Å². The number of benzene rings is 2. The molecule has 0 fully saturated rings. The third-order valence-corrected chi connectivity index (χ3v) is 3.83. The number of hydrogen-bond donors (Lipinski definition) is 1. The van der Waals surface area contributed by atoms with Crippen molar-refractivity contribution < 1.29 is 19.1 Å². The molecule has 0 saturated heterocycles. The summed E-state index contributed by atoms with van der Waals surface area (Å²) in [6.07, 6.45) is 0. The van der Waals surface area contributed by atoms with Crippen LogP contribution in [0.1, 0.15) is 12.5 Å². The van der Waals surface area contributed by atoms with Gasteiger partial charge in [-0.3, -0.25) is 9.59 Å². The largest absolute Gasteiger partial charge is 0.497 e. The van der Waals surface area contributed by atoms with Crippen molar-refractivity contribution in [3.8, 4) is 11.5 Å². The zero-order valence-electron chi connectivity index (χ0n) is 15.3. The van der Waals surface area contributed by atoms with Crippen LogP contribution in [0.25, 0.3) is 0 Å². The predicted molar refractivity (Wildman–Crippen MR) is 101 cm³/mol. The second kappa shape index (κ2) is 9.46. The van der Waals surface area contributed by atoms with Crippen molar-refractivity contribution in [3.05, 3.63) is 54.1 Å². The molecular weight excluding hydrogens is 332 g/mol. The molecule has 0 radical (unpaired) electrons. The minimum absolute atomic E-state index is 0.0291. The fourth-order valence-electron chi connectivity index (χ4n) is 2.30. The van der Waals surface area contributed by atoms with Crippen LogP contribution in [0.15, 0.2) is 48.5 Å². The van der Waals surface area contributed by atoms with Crippen molar-refractivity contribution in [1.82, 2.24) is 4.90 Å². The molecule has 0 saturated carbocycles. The van der Waals surface area contributed by atoms with Gasteiger partial charge in [-0.25, -0.2) is 0 Å². The Bertz CT molecular complexity index is 726. The number of hydrogen-bond acceptors (Lipinski definition) is 4. The summed E-state index contributed by atoms with van der Waals surface area (Å²) in [7, 11) is 1.58. The molecule has 0 atom stereocenters. The first-order valence-electron chi connectivity index (χ1n) is 8.43. The Morgan fingerprint density at radius 2 is 1.62 bits per heavy atom. The summed E-state index contributed by atoms with van der Waals surface area (Å²) in [4.78, 5) is 25.9. The van der Waals surface area contributed by atoms with Crippen molar-refractivity contribution >= 4 is 17.5 Å². The fraction of sp³-hybridized carbons (Fsp3) is 0.300. The zero-order valence-corrected chi connectivity index (χ0v) is 15.3. The van der Waals surface area contributed by atoms with Crippen molar-refractivity contribution in [2.45, 2.75) is 13.8 Å². The highest BCUT2D eigenvalue weighted by Gasteiger charge is 2.16. The van der Waals surface area contributed by atoms with Crippen LogP contribution in [-0.4, -0.2) is 43.5 Å². The Kier molecular flexibility index (Phi) is 7.02. The lowest BCUT2D eigenvalue weighted by Crippen LogP contribution is -2.40. The van der Waals surface area contributed by atoms with E-state index in [0.29, 0.717) is 23.7 Å². The Labute approximate surface area is 153 Å². The van der Waals surface area contributed by atoms with E-state index in [4.69, 9.17) is 9.47 Å². The molecule has 0 aliphatic rings. The SMILES string of the molecule is CCN(CC(=O)Nc1ccc(OC)cc1)C(=O)COc1ccc(C)cc1. The summed E-state index contributed by atoms with van der Waals surface area (Å²) in [6.45, 7) is 4.09. The van der Waals surface area contributed by atoms with Gasteiger partial charge in [0.05, 0.1) is 13.7 Å². The second-order valence-electron chi connectivity index (χ2n) is 5.79. The molecule has 1 N–H and O–H groups in total. The van der Waals surface area contributed by atoms with Crippen molar-refractivity contribution in [3.63, 3.8) is 0 Å². The molecule has 0 aliphatic carbocycles. The Morgan fingerprint density at radius 1 is 1.00 bits per heavy atom. The first-order chi connectivity index (χ1) is 12.5. The van der Waals surface area contributed by atoms with Gasteiger partial charge >= 0.3 is 0 Å². The highest BCUT2D eigenvalue weighted by molar-refractivity contribution is 5.94. The summed E-state index contributed by atoms with van der Waals surface area (Å²) >= 11 is 0. The van der Waals surface area contributed by atoms with Crippen LogP contribution in [0.2, 0.25) is 0 Å². The van der Waals surface area contributed by atoms with E-state index in [-0.39, 0.29) is 25.0 Å². The minimum atomic E-state index is -0.263. The quantitative estimate of drug-likeness (QED) is 0.790. The van der Waals surface area contributed by atoms with E-state index in [2.05, 4.69) is 5.32 Å². The monoisotopic (exact) mass is 356 g/mol. The van der Waals surface area contributed by atoms with Gasteiger partial charge in [-0.05, 0) is 50.2 Å². The highest BCUT2D eigenvalue weighted by Crippen LogP contribution is 2.15. The van der Waals surface area contributed by atoms with Crippen LogP contribution in [0, 0.1) is 6.92 Å². The van der Waals surface area contributed by atoms with Gasteiger partial charge in [0.2, 0.25) is 5.91 Å². The fourth-order valence-corrected chi connectivity index (χ4v) is 2.30. The smallest absolute Gasteiger partial charge is 0.260 e. The van der Waals surface area contributed by atoms with E-state index in [0.717, 1.165) is 5.56 Å². The van der Waals surface area contributed by atoms with Crippen molar-refractivity contribution in [2.24, 2.45) is 0 Å². The molecule has 0 heterocycles. The van der Waals surface area contributed by atoms with Crippen molar-refractivity contribution in [1.29, 1.82) is 0 Å². The summed E-state index contributed by atoms with van der Waals surface area (Å²) in [5, 5.41) is 2.76. The topological polar surface area (TPSA) is 67.9 Å². The standard InChI is InChI=1S/C20H24N2O4/c1-4-22(20(24)14-26-18-9-5-15(2)6-10-18)13-19(23)21-16-7-11-17(25-3)12-8-16/h5-12H,4,13-14H2,1-3H3,(H,21,23). The lowest BCUT2D eigenvalue weighted by molar-refractivity contribution is -0.136. The number of nitrogens with one attached hydrogen (secondary N) is 1. The van der Waals surface area contributed by atoms with Crippen LogP contribution >= 0.6 is 0 Å². The van der Waals surface area contributed by atoms with E-state index in [1.165, 1.54) is 4.90 Å². The Hall–Kier alpha value is -3.02. The molecule has 0 aromatic heterocycles. The molecule has 2 aromatic rings. The molecule has 0 spiro atoms. The van der Waals surface area contributed by atoms with E-state index < -0.39 is 0 Å². The molecule has 0 unspecified atom stereocenters. The van der Waals surface area contributed by atoms with E-state index in [1.807, 2.05) is 38.1 Å². The minimum Gasteiger partial charge on any atom is -0.497 e. The average molecular weight is 356 g/mol. The van der Waals surface area contributed by atoms with Gasteiger partial charge in [-0.1, -0.05) is 17.7 Å². The molecule has 0 aliphatic heterocycles. The lowest BCUT2D eigenvalue weighted by Gasteiger charge is -2.20. The van der Waals surface area contributed by atoms with Crippen LogP contribution in [0.4, 0.5) is 5.69 Å². The summed E-state index contributed by atoms with van der Waals surface area (Å²) in [5.74, 6) is 0.836. The maximum atomic E-state index is 12.3.